The molecule has 1 N–H and O–H groups in total. The minimum atomic E-state index is 0.0489. The van der Waals surface area contributed by atoms with Crippen LogP contribution in [0, 0.1) is 5.92 Å². The van der Waals surface area contributed by atoms with Crippen molar-refractivity contribution in [3.63, 3.8) is 0 Å². The largest absolute Gasteiger partial charge is 0.394 e. The van der Waals surface area contributed by atoms with E-state index in [0.717, 1.165) is 38.6 Å². The fraction of sp³-hybridized carbons (Fsp3) is 0.923. The highest BCUT2D eigenvalue weighted by atomic mass is 16.5. The fourth-order valence-electron chi connectivity index (χ4n) is 2.84. The van der Waals surface area contributed by atoms with Crippen molar-refractivity contribution >= 4 is 5.91 Å². The van der Waals surface area contributed by atoms with Gasteiger partial charge in [0, 0.05) is 25.7 Å². The molecule has 0 bridgehead atoms. The number of hydrogen-bond acceptors (Lipinski definition) is 3. The van der Waals surface area contributed by atoms with Crippen molar-refractivity contribution in [1.29, 1.82) is 0 Å². The Morgan fingerprint density at radius 3 is 2.65 bits per heavy atom. The second kappa shape index (κ2) is 6.36. The van der Waals surface area contributed by atoms with E-state index in [0.29, 0.717) is 13.2 Å². The molecule has 0 aromatic rings. The number of amides is 1. The number of aliphatic hydroxyl groups is 1. The van der Waals surface area contributed by atoms with E-state index in [9.17, 15) is 9.90 Å². The summed E-state index contributed by atoms with van der Waals surface area (Å²) in [5.41, 5.74) is 0. The molecule has 0 radical (unpaired) electrons. The van der Waals surface area contributed by atoms with E-state index in [1.807, 2.05) is 4.90 Å². The second-order valence-corrected chi connectivity index (χ2v) is 5.10. The highest BCUT2D eigenvalue weighted by molar-refractivity contribution is 5.79. The van der Waals surface area contributed by atoms with Crippen LogP contribution in [0.3, 0.4) is 0 Å². The minimum Gasteiger partial charge on any atom is -0.394 e. The van der Waals surface area contributed by atoms with E-state index >= 15 is 0 Å². The Balaban J connectivity index is 1.98. The number of carbonyl (C=O) groups excluding carboxylic acids is 1. The summed E-state index contributed by atoms with van der Waals surface area (Å²) in [6.45, 7) is 2.33. The first kappa shape index (κ1) is 12.8. The van der Waals surface area contributed by atoms with Crippen molar-refractivity contribution in [2.45, 2.75) is 44.6 Å². The van der Waals surface area contributed by atoms with Crippen LogP contribution in [-0.4, -0.2) is 48.3 Å². The van der Waals surface area contributed by atoms with Crippen LogP contribution < -0.4 is 0 Å². The molecule has 2 fully saturated rings. The molecule has 4 nitrogen and oxygen atoms in total. The standard InChI is InChI=1S/C13H23NO3/c15-10-12-4-2-1-3-7-14(12)13(16)11-5-8-17-9-6-11/h11-12,15H,1-10H2. The maximum absolute atomic E-state index is 12.4. The van der Waals surface area contributed by atoms with Gasteiger partial charge < -0.3 is 14.7 Å². The molecule has 2 aliphatic rings. The Hall–Kier alpha value is -0.610. The smallest absolute Gasteiger partial charge is 0.226 e. The summed E-state index contributed by atoms with van der Waals surface area (Å²) in [6.07, 6.45) is 6.01. The lowest BCUT2D eigenvalue weighted by Crippen LogP contribution is -2.46. The number of nitrogens with zero attached hydrogens (tertiary/aromatic N) is 1. The number of likely N-dealkylation sites (tertiary alicyclic amines) is 1. The third-order valence-electron chi connectivity index (χ3n) is 3.94. The molecule has 2 aliphatic heterocycles. The quantitative estimate of drug-likeness (QED) is 0.789. The van der Waals surface area contributed by atoms with Crippen molar-refractivity contribution in [1.82, 2.24) is 4.90 Å². The normalized spacial score (nSPS) is 27.8. The van der Waals surface area contributed by atoms with Crippen molar-refractivity contribution in [3.8, 4) is 0 Å². The van der Waals surface area contributed by atoms with Crippen LogP contribution in [-0.2, 0) is 9.53 Å². The van der Waals surface area contributed by atoms with Gasteiger partial charge in [0.05, 0.1) is 12.6 Å². The zero-order valence-electron chi connectivity index (χ0n) is 10.4. The number of hydrogen-bond donors (Lipinski definition) is 1. The Morgan fingerprint density at radius 1 is 1.18 bits per heavy atom. The van der Waals surface area contributed by atoms with Crippen molar-refractivity contribution < 1.29 is 14.6 Å². The topological polar surface area (TPSA) is 49.8 Å². The van der Waals surface area contributed by atoms with Crippen LogP contribution in [0.25, 0.3) is 0 Å². The van der Waals surface area contributed by atoms with Crippen molar-refractivity contribution in [2.75, 3.05) is 26.4 Å². The first-order valence-electron chi connectivity index (χ1n) is 6.82. The SMILES string of the molecule is O=C(C1CCOCC1)N1CCCCCC1CO. The molecule has 0 spiro atoms. The Bertz CT molecular complexity index is 251. The molecule has 0 aliphatic carbocycles. The Morgan fingerprint density at radius 2 is 1.94 bits per heavy atom. The van der Waals surface area contributed by atoms with Gasteiger partial charge in [0.2, 0.25) is 5.91 Å². The third-order valence-corrected chi connectivity index (χ3v) is 3.94. The van der Waals surface area contributed by atoms with E-state index in [4.69, 9.17) is 4.74 Å². The lowest BCUT2D eigenvalue weighted by atomic mass is 9.97. The average Bonchev–Trinajstić information content (AvgIpc) is 2.64. The van der Waals surface area contributed by atoms with Crippen LogP contribution in [0.15, 0.2) is 0 Å². The van der Waals surface area contributed by atoms with Gasteiger partial charge in [-0.2, -0.15) is 0 Å². The van der Waals surface area contributed by atoms with E-state index < -0.39 is 0 Å². The number of rotatable bonds is 2. The summed E-state index contributed by atoms with van der Waals surface area (Å²) in [5, 5.41) is 9.42. The third kappa shape index (κ3) is 3.19. The summed E-state index contributed by atoms with van der Waals surface area (Å²) in [7, 11) is 0. The average molecular weight is 241 g/mol. The van der Waals surface area contributed by atoms with Crippen molar-refractivity contribution in [2.24, 2.45) is 5.92 Å². The lowest BCUT2D eigenvalue weighted by molar-refractivity contribution is -0.141. The molecule has 1 atom stereocenters. The van der Waals surface area contributed by atoms with Gasteiger partial charge in [0.15, 0.2) is 0 Å². The molecule has 0 saturated carbocycles. The predicted molar refractivity (Wildman–Crippen MR) is 64.6 cm³/mol. The van der Waals surface area contributed by atoms with Crippen LogP contribution in [0.4, 0.5) is 0 Å². The molecule has 0 aromatic carbocycles. The van der Waals surface area contributed by atoms with Crippen LogP contribution in [0.2, 0.25) is 0 Å². The van der Waals surface area contributed by atoms with Gasteiger partial charge in [-0.05, 0) is 25.7 Å². The van der Waals surface area contributed by atoms with Gasteiger partial charge in [0.1, 0.15) is 0 Å². The second-order valence-electron chi connectivity index (χ2n) is 5.10. The molecule has 1 unspecified atom stereocenters. The molecule has 1 amide bonds. The monoisotopic (exact) mass is 241 g/mol. The molecule has 0 aromatic heterocycles. The Labute approximate surface area is 103 Å². The van der Waals surface area contributed by atoms with Gasteiger partial charge in [-0.1, -0.05) is 12.8 Å². The van der Waals surface area contributed by atoms with Gasteiger partial charge in [-0.3, -0.25) is 4.79 Å². The van der Waals surface area contributed by atoms with Crippen LogP contribution >= 0.6 is 0 Å². The highest BCUT2D eigenvalue weighted by Crippen LogP contribution is 2.23. The molecular formula is C13H23NO3. The summed E-state index contributed by atoms with van der Waals surface area (Å²) < 4.78 is 5.29. The first-order chi connectivity index (χ1) is 8.33. The molecule has 2 heterocycles. The summed E-state index contributed by atoms with van der Waals surface area (Å²) in [6, 6.07) is 0.0489. The van der Waals surface area contributed by atoms with E-state index in [1.165, 1.54) is 6.42 Å². The van der Waals surface area contributed by atoms with Gasteiger partial charge in [0.25, 0.3) is 0 Å². The maximum atomic E-state index is 12.4. The molecule has 98 valence electrons. The van der Waals surface area contributed by atoms with E-state index in [1.54, 1.807) is 0 Å². The zero-order valence-corrected chi connectivity index (χ0v) is 10.4. The molecule has 2 rings (SSSR count). The highest BCUT2D eigenvalue weighted by Gasteiger charge is 2.31. The lowest BCUT2D eigenvalue weighted by Gasteiger charge is -2.33. The summed E-state index contributed by atoms with van der Waals surface area (Å²) in [4.78, 5) is 14.4. The van der Waals surface area contributed by atoms with Gasteiger partial charge >= 0.3 is 0 Å². The number of carbonyl (C=O) groups is 1. The minimum absolute atomic E-state index is 0.0489. The number of ether oxygens (including phenoxy) is 1. The van der Waals surface area contributed by atoms with Gasteiger partial charge in [-0.25, -0.2) is 0 Å². The summed E-state index contributed by atoms with van der Waals surface area (Å²) >= 11 is 0. The van der Waals surface area contributed by atoms with Gasteiger partial charge in [-0.15, -0.1) is 0 Å². The molecular weight excluding hydrogens is 218 g/mol. The first-order valence-corrected chi connectivity index (χ1v) is 6.82. The fourth-order valence-corrected chi connectivity index (χ4v) is 2.84. The van der Waals surface area contributed by atoms with E-state index in [-0.39, 0.29) is 24.5 Å². The van der Waals surface area contributed by atoms with E-state index in [2.05, 4.69) is 0 Å². The molecule has 2 saturated heterocycles. The maximum Gasteiger partial charge on any atom is 0.226 e. The van der Waals surface area contributed by atoms with Crippen molar-refractivity contribution in [3.05, 3.63) is 0 Å². The zero-order chi connectivity index (χ0) is 12.1. The number of aliphatic hydroxyl groups excluding tert-OH is 1. The molecule has 17 heavy (non-hydrogen) atoms. The van der Waals surface area contributed by atoms with Crippen LogP contribution in [0.1, 0.15) is 38.5 Å². The van der Waals surface area contributed by atoms with Crippen LogP contribution in [0.5, 0.6) is 0 Å². The predicted octanol–water partition coefficient (Wildman–Crippen LogP) is 1.18. The molecule has 4 heteroatoms. The summed E-state index contributed by atoms with van der Waals surface area (Å²) in [5.74, 6) is 0.366. The Kier molecular flexibility index (Phi) is 4.80.